The van der Waals surface area contributed by atoms with Crippen molar-refractivity contribution in [2.45, 2.75) is 25.3 Å². The van der Waals surface area contributed by atoms with Crippen LogP contribution >= 0.6 is 11.6 Å². The van der Waals surface area contributed by atoms with E-state index in [9.17, 15) is 0 Å². The molecule has 0 spiro atoms. The fraction of sp³-hybridized carbons (Fsp3) is 0.556. The average molecular weight is 201 g/mol. The molecule has 13 heavy (non-hydrogen) atoms. The van der Waals surface area contributed by atoms with Crippen molar-refractivity contribution in [3.63, 3.8) is 0 Å². The maximum Gasteiger partial charge on any atom is 0.130 e. The van der Waals surface area contributed by atoms with Gasteiger partial charge in [-0.1, -0.05) is 0 Å². The number of aromatic nitrogens is 2. The van der Waals surface area contributed by atoms with Crippen molar-refractivity contribution in [3.05, 3.63) is 23.8 Å². The second-order valence-corrected chi connectivity index (χ2v) is 3.16. The minimum absolute atomic E-state index is 0.154. The molecule has 0 bridgehead atoms. The van der Waals surface area contributed by atoms with Crippen LogP contribution in [0.25, 0.3) is 0 Å². The molecule has 1 unspecified atom stereocenters. The Morgan fingerprint density at radius 3 is 2.54 bits per heavy atom. The number of methoxy groups -OCH3 is 1. The summed E-state index contributed by atoms with van der Waals surface area (Å²) in [6, 6.07) is 0. The van der Waals surface area contributed by atoms with Crippen molar-refractivity contribution >= 4 is 11.6 Å². The van der Waals surface area contributed by atoms with Crippen LogP contribution in [0.3, 0.4) is 0 Å². The maximum absolute atomic E-state index is 5.61. The first-order valence-corrected chi connectivity index (χ1v) is 4.68. The van der Waals surface area contributed by atoms with Crippen LogP contribution in [0.2, 0.25) is 0 Å². The Hall–Kier alpha value is -0.670. The van der Waals surface area contributed by atoms with Gasteiger partial charge in [0.1, 0.15) is 5.82 Å². The first-order chi connectivity index (χ1) is 6.26. The van der Waals surface area contributed by atoms with Gasteiger partial charge >= 0.3 is 0 Å². The van der Waals surface area contributed by atoms with E-state index in [1.807, 2.05) is 6.92 Å². The van der Waals surface area contributed by atoms with Gasteiger partial charge in [-0.2, -0.15) is 0 Å². The van der Waals surface area contributed by atoms with Gasteiger partial charge in [-0.05, 0) is 6.92 Å². The van der Waals surface area contributed by atoms with Crippen molar-refractivity contribution in [1.82, 2.24) is 9.97 Å². The van der Waals surface area contributed by atoms with E-state index in [-0.39, 0.29) is 6.10 Å². The van der Waals surface area contributed by atoms with Crippen LogP contribution in [0, 0.1) is 0 Å². The number of halogens is 1. The second kappa shape index (κ2) is 5.14. The van der Waals surface area contributed by atoms with Crippen LogP contribution in [0.15, 0.2) is 12.4 Å². The molecule has 0 aliphatic heterocycles. The Balaban J connectivity index is 2.58. The van der Waals surface area contributed by atoms with Gasteiger partial charge in [0, 0.05) is 31.5 Å². The first-order valence-electron chi connectivity index (χ1n) is 4.14. The van der Waals surface area contributed by atoms with E-state index in [1.54, 1.807) is 19.5 Å². The van der Waals surface area contributed by atoms with Crippen LogP contribution in [0.5, 0.6) is 0 Å². The molecule has 0 saturated carbocycles. The lowest BCUT2D eigenvalue weighted by Gasteiger charge is -2.07. The Morgan fingerprint density at radius 2 is 2.08 bits per heavy atom. The smallest absolute Gasteiger partial charge is 0.130 e. The molecule has 3 nitrogen and oxygen atoms in total. The summed E-state index contributed by atoms with van der Waals surface area (Å²) < 4.78 is 5.10. The summed E-state index contributed by atoms with van der Waals surface area (Å²) in [7, 11) is 1.68. The highest BCUT2D eigenvalue weighted by atomic mass is 35.5. The summed E-state index contributed by atoms with van der Waals surface area (Å²) in [5.74, 6) is 1.25. The van der Waals surface area contributed by atoms with E-state index in [4.69, 9.17) is 16.3 Å². The fourth-order valence-electron chi connectivity index (χ4n) is 0.896. The molecular formula is C9H13ClN2O. The summed E-state index contributed by atoms with van der Waals surface area (Å²) in [4.78, 5) is 8.32. The topological polar surface area (TPSA) is 35.0 Å². The molecule has 1 aromatic heterocycles. The van der Waals surface area contributed by atoms with E-state index in [0.717, 1.165) is 17.8 Å². The lowest BCUT2D eigenvalue weighted by molar-refractivity contribution is 0.117. The monoisotopic (exact) mass is 200 g/mol. The van der Waals surface area contributed by atoms with Crippen LogP contribution in [0.4, 0.5) is 0 Å². The Labute approximate surface area is 83.1 Å². The summed E-state index contributed by atoms with van der Waals surface area (Å²) in [6.45, 7) is 1.98. The number of hydrogen-bond acceptors (Lipinski definition) is 3. The van der Waals surface area contributed by atoms with Gasteiger partial charge in [0.25, 0.3) is 0 Å². The molecule has 0 radical (unpaired) electrons. The minimum atomic E-state index is 0.154. The quantitative estimate of drug-likeness (QED) is 0.696. The van der Waals surface area contributed by atoms with Crippen molar-refractivity contribution in [1.29, 1.82) is 0 Å². The largest absolute Gasteiger partial charge is 0.381 e. The molecule has 0 fully saturated rings. The number of nitrogens with zero attached hydrogens (tertiary/aromatic N) is 2. The Bertz CT molecular complexity index is 250. The highest BCUT2D eigenvalue weighted by molar-refractivity contribution is 6.17. The normalized spacial score (nSPS) is 12.8. The molecule has 0 saturated heterocycles. The third-order valence-electron chi connectivity index (χ3n) is 1.79. The molecule has 72 valence electrons. The Kier molecular flexibility index (Phi) is 4.12. The lowest BCUT2D eigenvalue weighted by Crippen LogP contribution is -2.11. The number of ether oxygens (including phenoxy) is 1. The second-order valence-electron chi connectivity index (χ2n) is 2.89. The highest BCUT2D eigenvalue weighted by Crippen LogP contribution is 2.02. The number of rotatable bonds is 4. The molecule has 1 atom stereocenters. The zero-order valence-electron chi connectivity index (χ0n) is 7.83. The predicted molar refractivity (Wildman–Crippen MR) is 51.8 cm³/mol. The van der Waals surface area contributed by atoms with Crippen molar-refractivity contribution < 1.29 is 4.74 Å². The molecular weight excluding hydrogens is 188 g/mol. The standard InChI is InChI=1S/C9H13ClN2O/c1-7(13-2)3-9-11-5-8(4-10)6-12-9/h5-7H,3-4H2,1-2H3. The van der Waals surface area contributed by atoms with Crippen LogP contribution in [0.1, 0.15) is 18.3 Å². The summed E-state index contributed by atoms with van der Waals surface area (Å²) in [5, 5.41) is 0. The maximum atomic E-state index is 5.61. The van der Waals surface area contributed by atoms with E-state index >= 15 is 0 Å². The fourth-order valence-corrected chi connectivity index (χ4v) is 1.03. The minimum Gasteiger partial charge on any atom is -0.381 e. The van der Waals surface area contributed by atoms with Gasteiger partial charge in [0.05, 0.1) is 12.0 Å². The SMILES string of the molecule is COC(C)Cc1ncc(CCl)cn1. The van der Waals surface area contributed by atoms with Gasteiger partial charge in [-0.25, -0.2) is 9.97 Å². The van der Waals surface area contributed by atoms with E-state index in [1.165, 1.54) is 0 Å². The summed E-state index contributed by atoms with van der Waals surface area (Å²) >= 11 is 5.61. The van der Waals surface area contributed by atoms with E-state index in [2.05, 4.69) is 9.97 Å². The third kappa shape index (κ3) is 3.28. The van der Waals surface area contributed by atoms with Crippen LogP contribution < -0.4 is 0 Å². The zero-order valence-corrected chi connectivity index (χ0v) is 8.58. The van der Waals surface area contributed by atoms with Gasteiger partial charge in [0.2, 0.25) is 0 Å². The average Bonchev–Trinajstić information content (AvgIpc) is 2.19. The number of alkyl halides is 1. The molecule has 1 rings (SSSR count). The van der Waals surface area contributed by atoms with E-state index < -0.39 is 0 Å². The van der Waals surface area contributed by atoms with Crippen molar-refractivity contribution in [2.24, 2.45) is 0 Å². The van der Waals surface area contributed by atoms with Gasteiger partial charge in [-0.3, -0.25) is 0 Å². The Morgan fingerprint density at radius 1 is 1.46 bits per heavy atom. The molecule has 0 N–H and O–H groups in total. The van der Waals surface area contributed by atoms with Gasteiger partial charge < -0.3 is 4.74 Å². The molecule has 1 heterocycles. The van der Waals surface area contributed by atoms with Crippen molar-refractivity contribution in [3.8, 4) is 0 Å². The van der Waals surface area contributed by atoms with Gasteiger partial charge in [0.15, 0.2) is 0 Å². The molecule has 0 aliphatic carbocycles. The summed E-state index contributed by atoms with van der Waals surface area (Å²) in [6.07, 6.45) is 4.39. The molecule has 0 amide bonds. The van der Waals surface area contributed by atoms with Gasteiger partial charge in [-0.15, -0.1) is 11.6 Å². The zero-order chi connectivity index (χ0) is 9.68. The molecule has 1 aromatic rings. The summed E-state index contributed by atoms with van der Waals surface area (Å²) in [5.41, 5.74) is 0.940. The van der Waals surface area contributed by atoms with Crippen molar-refractivity contribution in [2.75, 3.05) is 7.11 Å². The molecule has 0 aliphatic rings. The predicted octanol–water partition coefficient (Wildman–Crippen LogP) is 1.79. The number of hydrogen-bond donors (Lipinski definition) is 0. The molecule has 0 aromatic carbocycles. The highest BCUT2D eigenvalue weighted by Gasteiger charge is 2.03. The third-order valence-corrected chi connectivity index (χ3v) is 2.09. The van der Waals surface area contributed by atoms with Crippen LogP contribution in [-0.2, 0) is 17.0 Å². The van der Waals surface area contributed by atoms with Crippen LogP contribution in [-0.4, -0.2) is 23.2 Å². The molecule has 4 heteroatoms. The lowest BCUT2D eigenvalue weighted by atomic mass is 10.2. The first kappa shape index (κ1) is 10.4. The van der Waals surface area contributed by atoms with E-state index in [0.29, 0.717) is 5.88 Å².